The maximum atomic E-state index is 12.5. The second-order valence-electron chi connectivity index (χ2n) is 7.68. The van der Waals surface area contributed by atoms with Crippen LogP contribution in [0.15, 0.2) is 69.2 Å². The zero-order valence-corrected chi connectivity index (χ0v) is 19.1. The number of nitrogens with one attached hydrogen (secondary N) is 1. The molecule has 2 heterocycles. The van der Waals surface area contributed by atoms with Crippen molar-refractivity contribution in [3.63, 3.8) is 0 Å². The molecular formula is C25H25N5O4. The third kappa shape index (κ3) is 4.54. The molecule has 2 N–H and O–H groups in total. The fourth-order valence-corrected chi connectivity index (χ4v) is 3.67. The lowest BCUT2D eigenvalue weighted by atomic mass is 10.2. The van der Waals surface area contributed by atoms with Gasteiger partial charge in [-0.2, -0.15) is 5.10 Å². The van der Waals surface area contributed by atoms with E-state index in [9.17, 15) is 14.7 Å². The summed E-state index contributed by atoms with van der Waals surface area (Å²) in [4.78, 5) is 31.6. The van der Waals surface area contributed by atoms with E-state index in [1.54, 1.807) is 24.3 Å². The van der Waals surface area contributed by atoms with E-state index in [0.717, 1.165) is 15.8 Å². The highest BCUT2D eigenvalue weighted by atomic mass is 16.5. The van der Waals surface area contributed by atoms with Crippen LogP contribution in [0.25, 0.3) is 5.69 Å². The minimum atomic E-state index is -0.758. The van der Waals surface area contributed by atoms with Crippen molar-refractivity contribution in [2.45, 2.75) is 27.3 Å². The first-order valence-corrected chi connectivity index (χ1v) is 10.8. The summed E-state index contributed by atoms with van der Waals surface area (Å²) in [6.45, 7) is 6.67. The maximum absolute atomic E-state index is 12.5. The van der Waals surface area contributed by atoms with Crippen LogP contribution in [0, 0.1) is 13.8 Å². The smallest absolute Gasteiger partial charge is 0.335 e. The quantitative estimate of drug-likeness (QED) is 0.412. The summed E-state index contributed by atoms with van der Waals surface area (Å²) in [6, 6.07) is 16.5. The van der Waals surface area contributed by atoms with Gasteiger partial charge in [-0.15, -0.1) is 0 Å². The van der Waals surface area contributed by atoms with Gasteiger partial charge in [0.25, 0.3) is 5.56 Å². The molecule has 4 rings (SSSR count). The van der Waals surface area contributed by atoms with Crippen molar-refractivity contribution in [3.8, 4) is 17.3 Å². The summed E-state index contributed by atoms with van der Waals surface area (Å²) in [5.41, 5.74) is 1.93. The van der Waals surface area contributed by atoms with Crippen molar-refractivity contribution in [3.05, 3.63) is 98.0 Å². The lowest BCUT2D eigenvalue weighted by Crippen LogP contribution is -2.31. The van der Waals surface area contributed by atoms with Crippen LogP contribution in [0.4, 0.5) is 5.69 Å². The van der Waals surface area contributed by atoms with Crippen molar-refractivity contribution in [1.82, 2.24) is 19.3 Å². The summed E-state index contributed by atoms with van der Waals surface area (Å²) < 4.78 is 8.26. The third-order valence-corrected chi connectivity index (χ3v) is 5.37. The fourth-order valence-electron chi connectivity index (χ4n) is 3.67. The van der Waals surface area contributed by atoms with Crippen LogP contribution in [0.5, 0.6) is 11.6 Å². The zero-order valence-electron chi connectivity index (χ0n) is 19.1. The monoisotopic (exact) mass is 459 g/mol. The molecule has 34 heavy (non-hydrogen) atoms. The van der Waals surface area contributed by atoms with Crippen LogP contribution in [-0.2, 0) is 6.54 Å². The number of H-pyrrole nitrogens is 1. The Morgan fingerprint density at radius 3 is 2.47 bits per heavy atom. The largest absolute Gasteiger partial charge is 0.494 e. The summed E-state index contributed by atoms with van der Waals surface area (Å²) in [5, 5.41) is 15.3. The van der Waals surface area contributed by atoms with Gasteiger partial charge in [-0.25, -0.2) is 9.36 Å². The Balaban J connectivity index is 1.70. The molecule has 0 radical (unpaired) electrons. The van der Waals surface area contributed by atoms with E-state index in [0.29, 0.717) is 36.0 Å². The van der Waals surface area contributed by atoms with Crippen molar-refractivity contribution in [2.24, 2.45) is 4.99 Å². The number of aromatic hydroxyl groups is 1. The topological polar surface area (TPSA) is 114 Å². The van der Waals surface area contributed by atoms with Crippen LogP contribution < -0.4 is 16.0 Å². The number of benzene rings is 2. The minimum Gasteiger partial charge on any atom is -0.494 e. The van der Waals surface area contributed by atoms with Crippen molar-refractivity contribution in [1.29, 1.82) is 0 Å². The molecule has 2 aromatic carbocycles. The second kappa shape index (κ2) is 9.62. The lowest BCUT2D eigenvalue weighted by Gasteiger charge is -2.10. The molecule has 0 aliphatic heterocycles. The summed E-state index contributed by atoms with van der Waals surface area (Å²) in [6.07, 6.45) is 1.25. The SMILES string of the molecule is CCOc1ccc(-n2c(O)c(C=Nc3c(C)nn(Cc4ccccc4)c3C)c(=O)[nH]c2=O)cc1. The fraction of sp³-hybridized carbons (Fsp3) is 0.200. The molecule has 0 spiro atoms. The molecule has 4 aromatic rings. The Labute approximate surface area is 195 Å². The highest BCUT2D eigenvalue weighted by molar-refractivity contribution is 5.84. The van der Waals surface area contributed by atoms with Crippen LogP contribution in [0.1, 0.15) is 29.4 Å². The van der Waals surface area contributed by atoms with Crippen LogP contribution >= 0.6 is 0 Å². The molecule has 2 aromatic heterocycles. The Kier molecular flexibility index (Phi) is 6.44. The molecule has 9 heteroatoms. The van der Waals surface area contributed by atoms with Gasteiger partial charge in [-0.05, 0) is 50.6 Å². The van der Waals surface area contributed by atoms with E-state index in [1.165, 1.54) is 6.21 Å². The van der Waals surface area contributed by atoms with E-state index < -0.39 is 17.1 Å². The number of aliphatic imine (C=N–C) groups is 1. The number of aromatic amines is 1. The zero-order chi connectivity index (χ0) is 24.2. The van der Waals surface area contributed by atoms with Gasteiger partial charge in [0.15, 0.2) is 0 Å². The average Bonchev–Trinajstić information content (AvgIpc) is 3.08. The molecule has 0 bridgehead atoms. The predicted molar refractivity (Wildman–Crippen MR) is 130 cm³/mol. The second-order valence-corrected chi connectivity index (χ2v) is 7.68. The normalized spacial score (nSPS) is 11.3. The number of ether oxygens (including phenoxy) is 1. The molecule has 0 saturated heterocycles. The highest BCUT2D eigenvalue weighted by Crippen LogP contribution is 2.24. The summed E-state index contributed by atoms with van der Waals surface area (Å²) in [7, 11) is 0. The average molecular weight is 460 g/mol. The molecule has 0 atom stereocenters. The van der Waals surface area contributed by atoms with Gasteiger partial charge in [-0.3, -0.25) is 19.5 Å². The van der Waals surface area contributed by atoms with Crippen molar-refractivity contribution >= 4 is 11.9 Å². The molecule has 0 amide bonds. The standard InChI is InChI=1S/C25H25N5O4/c1-4-34-20-12-10-19(11-13-20)30-24(32)21(23(31)27-25(30)33)14-26-22-16(2)28-29(17(22)3)15-18-8-6-5-7-9-18/h5-14,32H,4,15H2,1-3H3,(H,27,31,33). The van der Waals surface area contributed by atoms with Crippen LogP contribution in [0.3, 0.4) is 0 Å². The Bertz CT molecular complexity index is 1450. The Hall–Kier alpha value is -4.40. The van der Waals surface area contributed by atoms with Gasteiger partial charge < -0.3 is 9.84 Å². The van der Waals surface area contributed by atoms with E-state index in [1.807, 2.05) is 55.8 Å². The maximum Gasteiger partial charge on any atom is 0.335 e. The molecule has 0 fully saturated rings. The first kappa shape index (κ1) is 22.8. The molecular weight excluding hydrogens is 434 g/mol. The van der Waals surface area contributed by atoms with Crippen LogP contribution in [0.2, 0.25) is 0 Å². The first-order valence-electron chi connectivity index (χ1n) is 10.8. The number of nitrogens with zero attached hydrogens (tertiary/aromatic N) is 4. The van der Waals surface area contributed by atoms with E-state index >= 15 is 0 Å². The molecule has 0 saturated carbocycles. The van der Waals surface area contributed by atoms with E-state index in [-0.39, 0.29) is 5.56 Å². The third-order valence-electron chi connectivity index (χ3n) is 5.37. The Morgan fingerprint density at radius 1 is 1.09 bits per heavy atom. The van der Waals surface area contributed by atoms with E-state index in [4.69, 9.17) is 4.74 Å². The number of hydrogen-bond acceptors (Lipinski definition) is 6. The van der Waals surface area contributed by atoms with Gasteiger partial charge in [-0.1, -0.05) is 30.3 Å². The molecule has 9 nitrogen and oxygen atoms in total. The van der Waals surface area contributed by atoms with Gasteiger partial charge in [0.1, 0.15) is 17.0 Å². The number of rotatable bonds is 7. The number of hydrogen-bond donors (Lipinski definition) is 2. The molecule has 0 aliphatic rings. The van der Waals surface area contributed by atoms with Gasteiger partial charge in [0, 0.05) is 6.21 Å². The van der Waals surface area contributed by atoms with Gasteiger partial charge in [0.05, 0.1) is 30.2 Å². The first-order chi connectivity index (χ1) is 16.4. The molecule has 0 unspecified atom stereocenters. The molecule has 0 aliphatic carbocycles. The lowest BCUT2D eigenvalue weighted by molar-refractivity contribution is 0.340. The van der Waals surface area contributed by atoms with Crippen molar-refractivity contribution in [2.75, 3.05) is 6.61 Å². The van der Waals surface area contributed by atoms with Crippen molar-refractivity contribution < 1.29 is 9.84 Å². The Morgan fingerprint density at radius 2 is 1.79 bits per heavy atom. The highest BCUT2D eigenvalue weighted by Gasteiger charge is 2.16. The number of aromatic nitrogens is 4. The summed E-state index contributed by atoms with van der Waals surface area (Å²) >= 11 is 0. The van der Waals surface area contributed by atoms with Gasteiger partial charge in [0.2, 0.25) is 5.88 Å². The van der Waals surface area contributed by atoms with E-state index in [2.05, 4.69) is 15.1 Å². The number of aryl methyl sites for hydroxylation is 1. The summed E-state index contributed by atoms with van der Waals surface area (Å²) in [5.74, 6) is 0.122. The minimum absolute atomic E-state index is 0.136. The van der Waals surface area contributed by atoms with Gasteiger partial charge >= 0.3 is 5.69 Å². The molecule has 174 valence electrons. The van der Waals surface area contributed by atoms with Crippen LogP contribution in [-0.4, -0.2) is 37.3 Å². The predicted octanol–water partition coefficient (Wildman–Crippen LogP) is 3.24.